The van der Waals surface area contributed by atoms with Crippen LogP contribution >= 0.6 is 0 Å². The minimum absolute atomic E-state index is 0.0478. The lowest BCUT2D eigenvalue weighted by molar-refractivity contribution is 0.0172. The summed E-state index contributed by atoms with van der Waals surface area (Å²) < 4.78 is 12.5. The summed E-state index contributed by atoms with van der Waals surface area (Å²) in [5, 5.41) is 18.7. The predicted octanol–water partition coefficient (Wildman–Crippen LogP) is 5.63. The van der Waals surface area contributed by atoms with Crippen LogP contribution in [-0.4, -0.2) is 47.8 Å². The van der Waals surface area contributed by atoms with E-state index in [4.69, 9.17) is 9.47 Å². The van der Waals surface area contributed by atoms with Crippen LogP contribution in [-0.2, 0) is 9.47 Å². The Bertz CT molecular complexity index is 408. The second-order valence-corrected chi connectivity index (χ2v) is 11.3. The molecule has 2 rings (SSSR count). The molecule has 2 heterocycles. The summed E-state index contributed by atoms with van der Waals surface area (Å²) in [5.41, 5.74) is 0.0956. The Morgan fingerprint density at radius 1 is 0.586 bits per heavy atom. The summed E-state index contributed by atoms with van der Waals surface area (Å²) in [6.07, 6.45) is 16.9. The van der Waals surface area contributed by atoms with Crippen molar-refractivity contribution in [3.8, 4) is 0 Å². The van der Waals surface area contributed by atoms with Crippen molar-refractivity contribution in [1.82, 2.24) is 0 Å². The Hall–Kier alpha value is -0.160. The lowest BCUT2D eigenvalue weighted by Crippen LogP contribution is -2.18. The minimum Gasteiger partial charge on any atom is -0.396 e. The van der Waals surface area contributed by atoms with Crippen molar-refractivity contribution in [2.45, 2.75) is 136 Å². The molecule has 0 saturated carbocycles. The van der Waals surface area contributed by atoms with E-state index in [1.807, 2.05) is 0 Å². The number of hydrogen-bond donors (Lipinski definition) is 2. The largest absolute Gasteiger partial charge is 0.396 e. The van der Waals surface area contributed by atoms with Crippen molar-refractivity contribution < 1.29 is 19.7 Å². The van der Waals surface area contributed by atoms with E-state index >= 15 is 0 Å². The maximum atomic E-state index is 9.37. The maximum Gasteiger partial charge on any atom is 0.0579 e. The molecule has 172 valence electrons. The van der Waals surface area contributed by atoms with E-state index < -0.39 is 0 Å². The van der Waals surface area contributed by atoms with Gasteiger partial charge in [0.05, 0.1) is 24.4 Å². The zero-order valence-corrected chi connectivity index (χ0v) is 19.6. The summed E-state index contributed by atoms with van der Waals surface area (Å²) in [4.78, 5) is 0. The van der Waals surface area contributed by atoms with Crippen LogP contribution in [0.2, 0.25) is 0 Å². The first-order valence-electron chi connectivity index (χ1n) is 12.3. The van der Waals surface area contributed by atoms with Crippen LogP contribution < -0.4 is 0 Å². The highest BCUT2D eigenvalue weighted by molar-refractivity contribution is 4.78. The monoisotopic (exact) mass is 412 g/mol. The van der Waals surface area contributed by atoms with Crippen molar-refractivity contribution in [3.05, 3.63) is 0 Å². The highest BCUT2D eigenvalue weighted by atomic mass is 16.5. The van der Waals surface area contributed by atoms with Crippen LogP contribution in [0.15, 0.2) is 0 Å². The quantitative estimate of drug-likeness (QED) is 0.388. The van der Waals surface area contributed by atoms with Gasteiger partial charge in [-0.1, -0.05) is 40.5 Å². The first-order valence-corrected chi connectivity index (χ1v) is 12.3. The second-order valence-electron chi connectivity index (χ2n) is 11.3. The lowest BCUT2D eigenvalue weighted by Gasteiger charge is -2.22. The van der Waals surface area contributed by atoms with Gasteiger partial charge in [0.25, 0.3) is 0 Å². The number of ether oxygens (including phenoxy) is 2. The van der Waals surface area contributed by atoms with Gasteiger partial charge < -0.3 is 19.7 Å². The lowest BCUT2D eigenvalue weighted by atomic mass is 9.87. The molecular weight excluding hydrogens is 364 g/mol. The van der Waals surface area contributed by atoms with Crippen LogP contribution in [0.4, 0.5) is 0 Å². The molecule has 4 unspecified atom stereocenters. The van der Waals surface area contributed by atoms with Crippen LogP contribution in [0.1, 0.15) is 111 Å². The topological polar surface area (TPSA) is 58.9 Å². The first-order chi connectivity index (χ1) is 13.7. The van der Waals surface area contributed by atoms with Gasteiger partial charge in [0.2, 0.25) is 0 Å². The zero-order chi connectivity index (χ0) is 21.3. The maximum absolute atomic E-state index is 9.37. The number of hydrogen-bond acceptors (Lipinski definition) is 4. The van der Waals surface area contributed by atoms with Gasteiger partial charge in [0.15, 0.2) is 0 Å². The summed E-state index contributed by atoms with van der Waals surface area (Å²) in [6, 6.07) is 0. The van der Waals surface area contributed by atoms with Crippen LogP contribution in [0, 0.1) is 10.8 Å². The molecule has 4 nitrogen and oxygen atoms in total. The molecule has 2 N–H and O–H groups in total. The molecule has 0 aromatic carbocycles. The Balaban J connectivity index is 1.50. The van der Waals surface area contributed by atoms with Gasteiger partial charge in [-0.2, -0.15) is 0 Å². The van der Waals surface area contributed by atoms with Gasteiger partial charge >= 0.3 is 0 Å². The van der Waals surface area contributed by atoms with Crippen molar-refractivity contribution >= 4 is 0 Å². The van der Waals surface area contributed by atoms with E-state index in [1.165, 1.54) is 44.9 Å². The average Bonchev–Trinajstić information content (AvgIpc) is 3.31. The van der Waals surface area contributed by atoms with E-state index in [1.54, 1.807) is 0 Å². The molecule has 0 radical (unpaired) electrons. The van der Waals surface area contributed by atoms with Gasteiger partial charge in [-0.15, -0.1) is 0 Å². The Morgan fingerprint density at radius 2 is 0.897 bits per heavy atom. The number of aliphatic hydroxyl groups is 2. The SMILES string of the molecule is CC(C)(CO)CCCC1CCC(CCCC2CCC(CCCC(C)(C)CO)O2)O1. The van der Waals surface area contributed by atoms with Gasteiger partial charge in [-0.05, 0) is 81.5 Å². The smallest absolute Gasteiger partial charge is 0.0579 e. The third-order valence-electron chi connectivity index (χ3n) is 7.06. The van der Waals surface area contributed by atoms with E-state index in [0.717, 1.165) is 38.5 Å². The fraction of sp³-hybridized carbons (Fsp3) is 1.00. The predicted molar refractivity (Wildman–Crippen MR) is 119 cm³/mol. The summed E-state index contributed by atoms with van der Waals surface area (Å²) >= 11 is 0. The Morgan fingerprint density at radius 3 is 1.21 bits per heavy atom. The molecule has 2 saturated heterocycles. The van der Waals surface area contributed by atoms with Crippen molar-refractivity contribution in [1.29, 1.82) is 0 Å². The van der Waals surface area contributed by atoms with E-state index in [-0.39, 0.29) is 24.0 Å². The molecule has 2 aliphatic rings. The fourth-order valence-corrected chi connectivity index (χ4v) is 4.76. The third kappa shape index (κ3) is 9.67. The molecule has 0 aromatic heterocycles. The molecule has 2 aliphatic heterocycles. The van der Waals surface area contributed by atoms with Gasteiger partial charge in [0.1, 0.15) is 0 Å². The van der Waals surface area contributed by atoms with Crippen molar-refractivity contribution in [2.24, 2.45) is 10.8 Å². The molecule has 0 aromatic rings. The van der Waals surface area contributed by atoms with E-state index in [2.05, 4.69) is 27.7 Å². The van der Waals surface area contributed by atoms with E-state index in [9.17, 15) is 10.2 Å². The van der Waals surface area contributed by atoms with Crippen LogP contribution in [0.25, 0.3) is 0 Å². The molecule has 2 fully saturated rings. The first kappa shape index (κ1) is 25.1. The average molecular weight is 413 g/mol. The van der Waals surface area contributed by atoms with Gasteiger partial charge in [-0.25, -0.2) is 0 Å². The Labute approximate surface area is 179 Å². The molecule has 0 amide bonds. The standard InChI is InChI=1S/C25H48O4/c1-24(2,18-26)16-6-10-22-14-12-20(28-22)8-5-9-21-13-15-23(29-21)11-7-17-25(3,4)19-27/h20-23,26-27H,5-19H2,1-4H3. The summed E-state index contributed by atoms with van der Waals surface area (Å²) in [6.45, 7) is 9.08. The molecule has 29 heavy (non-hydrogen) atoms. The molecule has 4 atom stereocenters. The zero-order valence-electron chi connectivity index (χ0n) is 19.6. The minimum atomic E-state index is 0.0478. The number of aliphatic hydroxyl groups excluding tert-OH is 2. The molecule has 0 bridgehead atoms. The fourth-order valence-electron chi connectivity index (χ4n) is 4.76. The van der Waals surface area contributed by atoms with Gasteiger partial charge in [0, 0.05) is 13.2 Å². The Kier molecular flexibility index (Phi) is 10.4. The van der Waals surface area contributed by atoms with Gasteiger partial charge in [-0.3, -0.25) is 0 Å². The van der Waals surface area contributed by atoms with Crippen molar-refractivity contribution in [3.63, 3.8) is 0 Å². The summed E-state index contributed by atoms with van der Waals surface area (Å²) in [5.74, 6) is 0. The number of rotatable bonds is 14. The third-order valence-corrected chi connectivity index (χ3v) is 7.06. The molecule has 0 spiro atoms. The molecule has 4 heteroatoms. The molecular formula is C25H48O4. The second kappa shape index (κ2) is 12.0. The van der Waals surface area contributed by atoms with Crippen LogP contribution in [0.3, 0.4) is 0 Å². The molecule has 0 aliphatic carbocycles. The highest BCUT2D eigenvalue weighted by Crippen LogP contribution is 2.32. The highest BCUT2D eigenvalue weighted by Gasteiger charge is 2.28. The van der Waals surface area contributed by atoms with Crippen LogP contribution in [0.5, 0.6) is 0 Å². The van der Waals surface area contributed by atoms with E-state index in [0.29, 0.717) is 24.4 Å². The van der Waals surface area contributed by atoms with Crippen molar-refractivity contribution in [2.75, 3.05) is 13.2 Å². The summed E-state index contributed by atoms with van der Waals surface area (Å²) in [7, 11) is 0. The normalized spacial score (nSPS) is 28.3.